The molecule has 2 N–H and O–H groups in total. The lowest BCUT2D eigenvalue weighted by Gasteiger charge is -2.30. The molecule has 2 heterocycles. The summed E-state index contributed by atoms with van der Waals surface area (Å²) >= 11 is 0. The Morgan fingerprint density at radius 2 is 2.18 bits per heavy atom. The Labute approximate surface area is 131 Å². The SMILES string of the molecule is CC(=O)N1CCc2cc(C(=O)NC3CNCCC3C)ccc21. The number of piperidine rings is 1. The van der Waals surface area contributed by atoms with Crippen LogP contribution in [0.15, 0.2) is 18.2 Å². The molecule has 5 heteroatoms. The molecule has 22 heavy (non-hydrogen) atoms. The quantitative estimate of drug-likeness (QED) is 0.866. The van der Waals surface area contributed by atoms with Gasteiger partial charge in [0, 0.05) is 37.3 Å². The van der Waals surface area contributed by atoms with Crippen molar-refractivity contribution in [2.24, 2.45) is 5.92 Å². The molecule has 1 saturated heterocycles. The summed E-state index contributed by atoms with van der Waals surface area (Å²) in [6.07, 6.45) is 1.90. The van der Waals surface area contributed by atoms with Crippen LogP contribution in [-0.4, -0.2) is 37.5 Å². The summed E-state index contributed by atoms with van der Waals surface area (Å²) in [6.45, 7) is 6.31. The van der Waals surface area contributed by atoms with Gasteiger partial charge in [0.2, 0.25) is 5.91 Å². The molecule has 2 amide bonds. The minimum atomic E-state index is -0.0235. The van der Waals surface area contributed by atoms with E-state index in [0.717, 1.165) is 37.2 Å². The van der Waals surface area contributed by atoms with Crippen molar-refractivity contribution in [1.29, 1.82) is 0 Å². The molecule has 0 bridgehead atoms. The highest BCUT2D eigenvalue weighted by atomic mass is 16.2. The lowest BCUT2D eigenvalue weighted by atomic mass is 9.94. The second-order valence-electron chi connectivity index (χ2n) is 6.31. The van der Waals surface area contributed by atoms with Crippen molar-refractivity contribution >= 4 is 17.5 Å². The number of fused-ring (bicyclic) bond motifs is 1. The van der Waals surface area contributed by atoms with Crippen LogP contribution in [0, 0.1) is 5.92 Å². The standard InChI is InChI=1S/C17H23N3O2/c1-11-5-7-18-10-15(11)19-17(22)14-3-4-16-13(9-14)6-8-20(16)12(2)21/h3-4,9,11,15,18H,5-8,10H2,1-2H3,(H,19,22). The molecule has 0 radical (unpaired) electrons. The predicted octanol–water partition coefficient (Wildman–Crippen LogP) is 1.32. The minimum absolute atomic E-state index is 0.0235. The fourth-order valence-corrected chi connectivity index (χ4v) is 3.30. The number of hydrogen-bond donors (Lipinski definition) is 2. The van der Waals surface area contributed by atoms with E-state index in [1.54, 1.807) is 11.8 Å². The lowest BCUT2D eigenvalue weighted by Crippen LogP contribution is -2.50. The first kappa shape index (κ1) is 15.0. The van der Waals surface area contributed by atoms with Crippen molar-refractivity contribution in [1.82, 2.24) is 10.6 Å². The normalized spacial score (nSPS) is 24.0. The zero-order valence-corrected chi connectivity index (χ0v) is 13.2. The Kier molecular flexibility index (Phi) is 4.16. The number of hydrogen-bond acceptors (Lipinski definition) is 3. The van der Waals surface area contributed by atoms with Gasteiger partial charge in [0.15, 0.2) is 0 Å². The molecule has 0 aliphatic carbocycles. The van der Waals surface area contributed by atoms with Crippen molar-refractivity contribution in [3.63, 3.8) is 0 Å². The summed E-state index contributed by atoms with van der Waals surface area (Å²) in [6, 6.07) is 5.81. The minimum Gasteiger partial charge on any atom is -0.348 e. The Morgan fingerprint density at radius 3 is 2.91 bits per heavy atom. The van der Waals surface area contributed by atoms with E-state index >= 15 is 0 Å². The first-order valence-corrected chi connectivity index (χ1v) is 7.99. The number of nitrogens with one attached hydrogen (secondary N) is 2. The van der Waals surface area contributed by atoms with Gasteiger partial charge >= 0.3 is 0 Å². The molecule has 3 rings (SSSR count). The van der Waals surface area contributed by atoms with Gasteiger partial charge in [0.25, 0.3) is 5.91 Å². The van der Waals surface area contributed by atoms with Crippen molar-refractivity contribution in [3.8, 4) is 0 Å². The monoisotopic (exact) mass is 301 g/mol. The van der Waals surface area contributed by atoms with E-state index in [9.17, 15) is 9.59 Å². The van der Waals surface area contributed by atoms with Crippen molar-refractivity contribution in [3.05, 3.63) is 29.3 Å². The highest BCUT2D eigenvalue weighted by Gasteiger charge is 2.25. The number of nitrogens with zero attached hydrogens (tertiary/aromatic N) is 1. The second-order valence-corrected chi connectivity index (χ2v) is 6.31. The van der Waals surface area contributed by atoms with Gasteiger partial charge in [0.05, 0.1) is 0 Å². The van der Waals surface area contributed by atoms with Crippen LogP contribution in [0.3, 0.4) is 0 Å². The maximum absolute atomic E-state index is 12.5. The number of rotatable bonds is 2. The molecule has 118 valence electrons. The van der Waals surface area contributed by atoms with Gasteiger partial charge in [-0.2, -0.15) is 0 Å². The molecule has 1 fully saturated rings. The van der Waals surface area contributed by atoms with Gasteiger partial charge in [-0.25, -0.2) is 0 Å². The van der Waals surface area contributed by atoms with Crippen LogP contribution in [0.1, 0.15) is 36.2 Å². The van der Waals surface area contributed by atoms with Crippen LogP contribution in [-0.2, 0) is 11.2 Å². The number of amides is 2. The number of carbonyl (C=O) groups is 2. The summed E-state index contributed by atoms with van der Waals surface area (Å²) in [5, 5.41) is 6.45. The van der Waals surface area contributed by atoms with E-state index in [2.05, 4.69) is 17.6 Å². The van der Waals surface area contributed by atoms with Gasteiger partial charge < -0.3 is 15.5 Å². The first-order chi connectivity index (χ1) is 10.6. The van der Waals surface area contributed by atoms with Crippen molar-refractivity contribution in [2.45, 2.75) is 32.7 Å². The Bertz CT molecular complexity index is 600. The molecule has 5 nitrogen and oxygen atoms in total. The van der Waals surface area contributed by atoms with Gasteiger partial charge in [-0.3, -0.25) is 9.59 Å². The summed E-state index contributed by atoms with van der Waals surface area (Å²) < 4.78 is 0. The average molecular weight is 301 g/mol. The average Bonchev–Trinajstić information content (AvgIpc) is 2.92. The van der Waals surface area contributed by atoms with Crippen LogP contribution < -0.4 is 15.5 Å². The molecular formula is C17H23N3O2. The predicted molar refractivity (Wildman–Crippen MR) is 86.1 cm³/mol. The van der Waals surface area contributed by atoms with Gasteiger partial charge in [-0.1, -0.05) is 6.92 Å². The summed E-state index contributed by atoms with van der Waals surface area (Å²) in [7, 11) is 0. The second kappa shape index (κ2) is 6.08. The molecule has 2 aliphatic rings. The fraction of sp³-hybridized carbons (Fsp3) is 0.529. The van der Waals surface area contributed by atoms with E-state index in [4.69, 9.17) is 0 Å². The van der Waals surface area contributed by atoms with Crippen molar-refractivity contribution < 1.29 is 9.59 Å². The summed E-state index contributed by atoms with van der Waals surface area (Å²) in [4.78, 5) is 25.8. The maximum atomic E-state index is 12.5. The third kappa shape index (κ3) is 2.86. The smallest absolute Gasteiger partial charge is 0.251 e. The summed E-state index contributed by atoms with van der Waals surface area (Å²) in [5.41, 5.74) is 2.70. The molecule has 0 spiro atoms. The van der Waals surface area contributed by atoms with Crippen LogP contribution in [0.5, 0.6) is 0 Å². The van der Waals surface area contributed by atoms with E-state index < -0.39 is 0 Å². The van der Waals surface area contributed by atoms with Gasteiger partial charge in [0.1, 0.15) is 0 Å². The number of benzene rings is 1. The molecule has 1 aromatic carbocycles. The molecule has 0 aromatic heterocycles. The fourth-order valence-electron chi connectivity index (χ4n) is 3.30. The number of anilines is 1. The van der Waals surface area contributed by atoms with Gasteiger partial charge in [-0.05, 0) is 49.1 Å². The van der Waals surface area contributed by atoms with Crippen LogP contribution in [0.4, 0.5) is 5.69 Å². The molecule has 0 saturated carbocycles. The first-order valence-electron chi connectivity index (χ1n) is 7.99. The molecule has 2 unspecified atom stereocenters. The van der Waals surface area contributed by atoms with Crippen LogP contribution in [0.25, 0.3) is 0 Å². The third-order valence-corrected chi connectivity index (χ3v) is 4.76. The van der Waals surface area contributed by atoms with E-state index in [-0.39, 0.29) is 17.9 Å². The Hall–Kier alpha value is -1.88. The Morgan fingerprint density at radius 1 is 1.36 bits per heavy atom. The zero-order valence-electron chi connectivity index (χ0n) is 13.2. The largest absolute Gasteiger partial charge is 0.348 e. The van der Waals surface area contributed by atoms with Crippen LogP contribution >= 0.6 is 0 Å². The highest BCUT2D eigenvalue weighted by Crippen LogP contribution is 2.29. The van der Waals surface area contributed by atoms with E-state index in [0.29, 0.717) is 18.0 Å². The molecule has 2 atom stereocenters. The van der Waals surface area contributed by atoms with E-state index in [1.165, 1.54) is 0 Å². The zero-order chi connectivity index (χ0) is 15.7. The number of carbonyl (C=O) groups excluding carboxylic acids is 2. The molecule has 2 aliphatic heterocycles. The topological polar surface area (TPSA) is 61.4 Å². The highest BCUT2D eigenvalue weighted by molar-refractivity contribution is 5.98. The van der Waals surface area contributed by atoms with Crippen molar-refractivity contribution in [2.75, 3.05) is 24.5 Å². The van der Waals surface area contributed by atoms with E-state index in [1.807, 2.05) is 18.2 Å². The molecular weight excluding hydrogens is 278 g/mol. The third-order valence-electron chi connectivity index (χ3n) is 4.76. The Balaban J connectivity index is 1.73. The summed E-state index contributed by atoms with van der Waals surface area (Å²) in [5.74, 6) is 0.524. The maximum Gasteiger partial charge on any atom is 0.251 e. The van der Waals surface area contributed by atoms with Gasteiger partial charge in [-0.15, -0.1) is 0 Å². The molecule has 1 aromatic rings. The lowest BCUT2D eigenvalue weighted by molar-refractivity contribution is -0.116. The van der Waals surface area contributed by atoms with Crippen LogP contribution in [0.2, 0.25) is 0 Å².